The Labute approximate surface area is 206 Å². The van der Waals surface area contributed by atoms with E-state index in [1.54, 1.807) is 48.5 Å². The molecule has 0 aromatic rings. The van der Waals surface area contributed by atoms with Crippen LogP contribution in [0.5, 0.6) is 0 Å². The summed E-state index contributed by atoms with van der Waals surface area (Å²) in [6, 6.07) is -1.76. The minimum Gasteiger partial charge on any atom is -0.467 e. The van der Waals surface area contributed by atoms with E-state index in [0.717, 1.165) is 0 Å². The smallest absolute Gasteiger partial charge is 0.408 e. The molecule has 0 spiro atoms. The Morgan fingerprint density at radius 1 is 1.03 bits per heavy atom. The first kappa shape index (κ1) is 28.8. The Hall–Kier alpha value is -2.44. The number of amides is 3. The van der Waals surface area contributed by atoms with E-state index in [4.69, 9.17) is 23.7 Å². The van der Waals surface area contributed by atoms with Gasteiger partial charge in [-0.3, -0.25) is 9.59 Å². The summed E-state index contributed by atoms with van der Waals surface area (Å²) in [4.78, 5) is 49.9. The number of hydrogen-bond acceptors (Lipinski definition) is 9. The van der Waals surface area contributed by atoms with Crippen molar-refractivity contribution in [2.45, 2.75) is 97.4 Å². The lowest BCUT2D eigenvalue weighted by atomic mass is 9.95. The monoisotopic (exact) mass is 501 g/mol. The molecule has 12 heteroatoms. The van der Waals surface area contributed by atoms with Gasteiger partial charge in [-0.25, -0.2) is 9.59 Å². The van der Waals surface area contributed by atoms with Crippen LogP contribution < -0.4 is 16.0 Å². The molecule has 0 saturated carbocycles. The maximum atomic E-state index is 13.3. The van der Waals surface area contributed by atoms with E-state index in [2.05, 4.69) is 16.0 Å². The van der Waals surface area contributed by atoms with E-state index in [1.165, 1.54) is 14.0 Å². The number of fused-ring (bicyclic) bond motifs is 1. The summed E-state index contributed by atoms with van der Waals surface area (Å²) in [5.74, 6) is -3.61. The van der Waals surface area contributed by atoms with Crippen LogP contribution in [0.4, 0.5) is 4.79 Å². The zero-order chi connectivity index (χ0) is 26.7. The molecule has 0 radical (unpaired) electrons. The van der Waals surface area contributed by atoms with Crippen LogP contribution in [0.1, 0.15) is 55.4 Å². The van der Waals surface area contributed by atoms with Crippen LogP contribution in [-0.4, -0.2) is 79.5 Å². The number of rotatable bonds is 8. The highest BCUT2D eigenvalue weighted by molar-refractivity contribution is 5.87. The van der Waals surface area contributed by atoms with Crippen LogP contribution in [0.25, 0.3) is 0 Å². The number of carbonyl (C=O) groups is 4. The van der Waals surface area contributed by atoms with E-state index >= 15 is 0 Å². The van der Waals surface area contributed by atoms with E-state index in [9.17, 15) is 19.2 Å². The van der Waals surface area contributed by atoms with Gasteiger partial charge in [0.2, 0.25) is 11.8 Å². The molecule has 2 saturated heterocycles. The van der Waals surface area contributed by atoms with Crippen molar-refractivity contribution in [3.63, 3.8) is 0 Å². The third kappa shape index (κ3) is 7.77. The molecular formula is C23H39N3O9. The lowest BCUT2D eigenvalue weighted by Crippen LogP contribution is -2.53. The molecule has 2 aliphatic heterocycles. The lowest BCUT2D eigenvalue weighted by molar-refractivity contribution is -0.209. The van der Waals surface area contributed by atoms with Gasteiger partial charge in [0, 0.05) is 6.54 Å². The molecule has 2 heterocycles. The predicted molar refractivity (Wildman–Crippen MR) is 123 cm³/mol. The van der Waals surface area contributed by atoms with Gasteiger partial charge in [0.25, 0.3) is 0 Å². The Morgan fingerprint density at radius 2 is 1.66 bits per heavy atom. The summed E-state index contributed by atoms with van der Waals surface area (Å²) >= 11 is 0. The van der Waals surface area contributed by atoms with Crippen molar-refractivity contribution in [1.29, 1.82) is 0 Å². The second kappa shape index (κ2) is 11.1. The molecule has 2 aliphatic rings. The summed E-state index contributed by atoms with van der Waals surface area (Å²) in [6.45, 7) is 13.6. The van der Waals surface area contributed by atoms with Crippen molar-refractivity contribution in [1.82, 2.24) is 16.0 Å². The van der Waals surface area contributed by atoms with Gasteiger partial charge < -0.3 is 39.6 Å². The van der Waals surface area contributed by atoms with E-state index in [-0.39, 0.29) is 12.5 Å². The molecule has 3 N–H and O–H groups in total. The van der Waals surface area contributed by atoms with Gasteiger partial charge in [-0.1, -0.05) is 13.8 Å². The maximum Gasteiger partial charge on any atom is 0.408 e. The number of hydrogen-bond donors (Lipinski definition) is 3. The maximum absolute atomic E-state index is 13.3. The molecule has 0 unspecified atom stereocenters. The highest BCUT2D eigenvalue weighted by atomic mass is 16.8. The SMILES string of the molecule is COC(=O)[C@@H](NC(=O)[C@H]1[C@H]2OC(C)(C)O[C@H]2O[C@@H]1CNC(=O)[C@H](C)NC(=O)OC(C)(C)C)C(C)C. The van der Waals surface area contributed by atoms with Crippen LogP contribution in [-0.2, 0) is 38.1 Å². The third-order valence-electron chi connectivity index (χ3n) is 5.48. The number of carbonyl (C=O) groups excluding carboxylic acids is 4. The summed E-state index contributed by atoms with van der Waals surface area (Å²) in [7, 11) is 1.25. The number of ether oxygens (including phenoxy) is 5. The fourth-order valence-electron chi connectivity index (χ4n) is 3.85. The van der Waals surface area contributed by atoms with Gasteiger partial charge in [0.05, 0.1) is 19.1 Å². The fraction of sp³-hybridized carbons (Fsp3) is 0.826. The van der Waals surface area contributed by atoms with E-state index in [1.807, 2.05) is 0 Å². The predicted octanol–water partition coefficient (Wildman–Crippen LogP) is 0.822. The first-order valence-corrected chi connectivity index (χ1v) is 11.7. The molecule has 2 rings (SSSR count). The van der Waals surface area contributed by atoms with Crippen molar-refractivity contribution in [3.05, 3.63) is 0 Å². The Morgan fingerprint density at radius 3 is 2.20 bits per heavy atom. The largest absolute Gasteiger partial charge is 0.467 e. The zero-order valence-corrected chi connectivity index (χ0v) is 21.9. The average Bonchev–Trinajstić information content (AvgIpc) is 3.18. The van der Waals surface area contributed by atoms with E-state index < -0.39 is 71.8 Å². The first-order valence-electron chi connectivity index (χ1n) is 11.7. The quantitative estimate of drug-likeness (QED) is 0.411. The van der Waals surface area contributed by atoms with Crippen molar-refractivity contribution in [3.8, 4) is 0 Å². The molecule has 2 fully saturated rings. The molecular weight excluding hydrogens is 462 g/mol. The van der Waals surface area contributed by atoms with Crippen LogP contribution in [0.3, 0.4) is 0 Å². The number of nitrogens with one attached hydrogen (secondary N) is 3. The van der Waals surface area contributed by atoms with Crippen LogP contribution >= 0.6 is 0 Å². The van der Waals surface area contributed by atoms with Gasteiger partial charge in [-0.15, -0.1) is 0 Å². The molecule has 0 bridgehead atoms. The third-order valence-corrected chi connectivity index (χ3v) is 5.48. The van der Waals surface area contributed by atoms with Crippen molar-refractivity contribution in [2.24, 2.45) is 11.8 Å². The van der Waals surface area contributed by atoms with Gasteiger partial charge in [-0.05, 0) is 47.5 Å². The average molecular weight is 502 g/mol. The molecule has 6 atom stereocenters. The van der Waals surface area contributed by atoms with Crippen molar-refractivity contribution < 1.29 is 42.9 Å². The number of methoxy groups -OCH3 is 1. The minimum absolute atomic E-state index is 0.0536. The molecule has 0 aromatic heterocycles. The van der Waals surface area contributed by atoms with Gasteiger partial charge in [0.1, 0.15) is 23.8 Å². The highest BCUT2D eigenvalue weighted by Crippen LogP contribution is 2.40. The van der Waals surface area contributed by atoms with Crippen LogP contribution in [0, 0.1) is 11.8 Å². The topological polar surface area (TPSA) is 151 Å². The minimum atomic E-state index is -0.965. The molecule has 12 nitrogen and oxygen atoms in total. The number of esters is 1. The number of alkyl carbamates (subject to hydrolysis) is 1. The van der Waals surface area contributed by atoms with Gasteiger partial charge >= 0.3 is 12.1 Å². The van der Waals surface area contributed by atoms with Crippen LogP contribution in [0.2, 0.25) is 0 Å². The van der Waals surface area contributed by atoms with Crippen LogP contribution in [0.15, 0.2) is 0 Å². The second-order valence-corrected chi connectivity index (χ2v) is 10.5. The Bertz CT molecular complexity index is 809. The molecule has 3 amide bonds. The van der Waals surface area contributed by atoms with Gasteiger partial charge in [0.15, 0.2) is 12.1 Å². The summed E-state index contributed by atoms with van der Waals surface area (Å²) < 4.78 is 27.5. The lowest BCUT2D eigenvalue weighted by Gasteiger charge is -2.28. The zero-order valence-electron chi connectivity index (χ0n) is 21.9. The van der Waals surface area contributed by atoms with Crippen molar-refractivity contribution in [2.75, 3.05) is 13.7 Å². The molecule has 0 aliphatic carbocycles. The molecule has 0 aromatic carbocycles. The Kier molecular flexibility index (Phi) is 9.12. The fourth-order valence-corrected chi connectivity index (χ4v) is 3.85. The highest BCUT2D eigenvalue weighted by Gasteiger charge is 2.57. The van der Waals surface area contributed by atoms with E-state index in [0.29, 0.717) is 0 Å². The molecule has 200 valence electrons. The second-order valence-electron chi connectivity index (χ2n) is 10.5. The Balaban J connectivity index is 2.08. The van der Waals surface area contributed by atoms with Gasteiger partial charge in [-0.2, -0.15) is 0 Å². The van der Waals surface area contributed by atoms with Crippen molar-refractivity contribution >= 4 is 23.9 Å². The normalized spacial score (nSPS) is 26.9. The first-order chi connectivity index (χ1) is 16.0. The molecule has 35 heavy (non-hydrogen) atoms. The summed E-state index contributed by atoms with van der Waals surface area (Å²) in [5.41, 5.74) is -0.706. The summed E-state index contributed by atoms with van der Waals surface area (Å²) in [6.07, 6.45) is -3.09. The summed E-state index contributed by atoms with van der Waals surface area (Å²) in [5, 5.41) is 7.86. The standard InChI is InChI=1S/C23H39N3O9/c1-11(2)15(19(29)31-9)26-18(28)14-13(32-20-16(14)33-23(7,8)34-20)10-24-17(27)12(3)25-21(30)35-22(4,5)6/h11-16,20H,10H2,1-9H3,(H,24,27)(H,25,30)(H,26,28)/t12-,13+,14+,15-,16+,20+/m0/s1.